The van der Waals surface area contributed by atoms with Crippen molar-refractivity contribution in [3.63, 3.8) is 0 Å². The van der Waals surface area contributed by atoms with E-state index in [0.717, 1.165) is 37.2 Å². The molecule has 48 heavy (non-hydrogen) atoms. The largest absolute Gasteiger partial charge is 0.497 e. The van der Waals surface area contributed by atoms with Crippen molar-refractivity contribution in [3.05, 3.63) is 59.7 Å². The molecule has 2 N–H and O–H groups in total. The van der Waals surface area contributed by atoms with Crippen LogP contribution in [0.5, 0.6) is 5.75 Å². The van der Waals surface area contributed by atoms with Gasteiger partial charge in [0.1, 0.15) is 5.75 Å². The number of nitrogens with one attached hydrogen (secondary N) is 2. The number of rotatable bonds is 8. The summed E-state index contributed by atoms with van der Waals surface area (Å²) in [7, 11) is 1.58. The maximum absolute atomic E-state index is 14.3. The molecule has 2 aromatic rings. The number of methoxy groups -OCH3 is 1. The van der Waals surface area contributed by atoms with Crippen LogP contribution in [0.3, 0.4) is 0 Å². The van der Waals surface area contributed by atoms with Crippen LogP contribution in [0.2, 0.25) is 0 Å². The number of ether oxygens (including phenoxy) is 1. The highest BCUT2D eigenvalue weighted by molar-refractivity contribution is 5.98. The van der Waals surface area contributed by atoms with Crippen molar-refractivity contribution in [1.82, 2.24) is 24.9 Å². The minimum absolute atomic E-state index is 0.00786. The maximum atomic E-state index is 14.3. The van der Waals surface area contributed by atoms with Gasteiger partial charge in [-0.1, -0.05) is 24.6 Å². The molecule has 2 unspecified atom stereocenters. The molecule has 11 nitrogen and oxygen atoms in total. The first-order valence-corrected chi connectivity index (χ1v) is 17.8. The van der Waals surface area contributed by atoms with Gasteiger partial charge in [0.15, 0.2) is 0 Å². The second kappa shape index (κ2) is 13.8. The Hall–Kier alpha value is -4.12. The molecule has 7 rings (SSSR count). The van der Waals surface area contributed by atoms with Gasteiger partial charge in [0.25, 0.3) is 5.91 Å². The number of benzene rings is 2. The van der Waals surface area contributed by atoms with E-state index in [-0.39, 0.29) is 36.2 Å². The van der Waals surface area contributed by atoms with Gasteiger partial charge in [0, 0.05) is 68.5 Å². The van der Waals surface area contributed by atoms with E-state index in [0.29, 0.717) is 69.3 Å². The first kappa shape index (κ1) is 32.4. The zero-order valence-corrected chi connectivity index (χ0v) is 28.0. The number of amides is 5. The molecule has 4 heterocycles. The van der Waals surface area contributed by atoms with Crippen LogP contribution in [0.4, 0.5) is 10.5 Å². The molecule has 3 saturated heterocycles. The number of urea groups is 1. The molecule has 256 valence electrons. The van der Waals surface area contributed by atoms with Gasteiger partial charge in [-0.25, -0.2) is 4.79 Å². The molecule has 11 heteroatoms. The zero-order chi connectivity index (χ0) is 33.3. The molecule has 2 atom stereocenters. The fourth-order valence-electron chi connectivity index (χ4n) is 8.34. The van der Waals surface area contributed by atoms with Crippen molar-refractivity contribution in [2.75, 3.05) is 51.7 Å². The normalized spacial score (nSPS) is 25.2. The van der Waals surface area contributed by atoms with E-state index in [2.05, 4.69) is 15.5 Å². The van der Waals surface area contributed by atoms with Gasteiger partial charge in [-0.05, 0) is 93.9 Å². The average Bonchev–Trinajstić information content (AvgIpc) is 3.83. The predicted octanol–water partition coefficient (Wildman–Crippen LogP) is 4.09. The van der Waals surface area contributed by atoms with E-state index >= 15 is 0 Å². The number of nitrogens with zero attached hydrogens (tertiary/aromatic N) is 4. The molecular formula is C37H48N6O5. The Morgan fingerprint density at radius 1 is 0.854 bits per heavy atom. The third-order valence-corrected chi connectivity index (χ3v) is 11.4. The zero-order valence-electron chi connectivity index (χ0n) is 28.0. The third-order valence-electron chi connectivity index (χ3n) is 11.4. The Labute approximate surface area is 282 Å². The standard InChI is InChI=1S/C37H48N6O5/c1-48-30-11-9-26(10-12-30)34(45)39-32-23-37(32,35(46)42-21-13-28(14-22-42)40-17-5-2-6-18-40)24-33(44)41-19-15-29(16-20-41)43-25-27-7-3-4-8-31(27)38-36(43)47/h3-4,7-12,28-29,32H,2,5-6,13-25H2,1H3,(H,38,47)(H,39,45). The molecule has 0 aromatic heterocycles. The number of carbonyl (C=O) groups excluding carboxylic acids is 4. The number of hydrogen-bond acceptors (Lipinski definition) is 6. The Morgan fingerprint density at radius 3 is 2.23 bits per heavy atom. The lowest BCUT2D eigenvalue weighted by Crippen LogP contribution is -2.53. The number of carbonyl (C=O) groups is 4. The predicted molar refractivity (Wildman–Crippen MR) is 182 cm³/mol. The maximum Gasteiger partial charge on any atom is 0.322 e. The van der Waals surface area contributed by atoms with Gasteiger partial charge in [-0.15, -0.1) is 0 Å². The lowest BCUT2D eigenvalue weighted by Gasteiger charge is -2.42. The summed E-state index contributed by atoms with van der Waals surface area (Å²) in [5.41, 5.74) is 1.50. The molecule has 1 aliphatic carbocycles. The number of likely N-dealkylation sites (tertiary alicyclic amines) is 3. The van der Waals surface area contributed by atoms with Crippen LogP contribution in [0.1, 0.15) is 73.7 Å². The van der Waals surface area contributed by atoms with Gasteiger partial charge >= 0.3 is 6.03 Å². The lowest BCUT2D eigenvalue weighted by atomic mass is 9.93. The summed E-state index contributed by atoms with van der Waals surface area (Å²) in [5.74, 6) is 0.345. The first-order valence-electron chi connectivity index (χ1n) is 17.8. The molecule has 2 aromatic carbocycles. The van der Waals surface area contributed by atoms with Gasteiger partial charge in [-0.3, -0.25) is 14.4 Å². The van der Waals surface area contributed by atoms with E-state index in [4.69, 9.17) is 4.74 Å². The van der Waals surface area contributed by atoms with E-state index in [1.165, 1.54) is 19.3 Å². The highest BCUT2D eigenvalue weighted by atomic mass is 16.5. The van der Waals surface area contributed by atoms with Gasteiger partial charge in [0.05, 0.1) is 12.5 Å². The summed E-state index contributed by atoms with van der Waals surface area (Å²) < 4.78 is 5.23. The van der Waals surface area contributed by atoms with Crippen LogP contribution in [-0.4, -0.2) is 108 Å². The van der Waals surface area contributed by atoms with Crippen LogP contribution in [0.15, 0.2) is 48.5 Å². The van der Waals surface area contributed by atoms with E-state index < -0.39 is 11.5 Å². The third kappa shape index (κ3) is 6.61. The fraction of sp³-hybridized carbons (Fsp3) is 0.568. The molecule has 5 amide bonds. The Bertz CT molecular complexity index is 1510. The first-order chi connectivity index (χ1) is 23.3. The van der Waals surface area contributed by atoms with Crippen molar-refractivity contribution >= 4 is 29.4 Å². The number of hydrogen-bond donors (Lipinski definition) is 2. The van der Waals surface area contributed by atoms with Crippen LogP contribution in [-0.2, 0) is 16.1 Å². The quantitative estimate of drug-likeness (QED) is 0.443. The monoisotopic (exact) mass is 656 g/mol. The summed E-state index contributed by atoms with van der Waals surface area (Å²) in [5, 5.41) is 6.10. The highest BCUT2D eigenvalue weighted by Crippen LogP contribution is 2.51. The van der Waals surface area contributed by atoms with Gasteiger partial charge in [-0.2, -0.15) is 0 Å². The number of anilines is 1. The molecular weight excluding hydrogens is 608 g/mol. The smallest absolute Gasteiger partial charge is 0.322 e. The van der Waals surface area contributed by atoms with E-state index in [1.807, 2.05) is 39.0 Å². The van der Waals surface area contributed by atoms with Crippen molar-refractivity contribution in [3.8, 4) is 5.75 Å². The fourth-order valence-corrected chi connectivity index (χ4v) is 8.34. The second-order valence-corrected chi connectivity index (χ2v) is 14.2. The van der Waals surface area contributed by atoms with Crippen LogP contribution in [0.25, 0.3) is 0 Å². The Morgan fingerprint density at radius 2 is 1.52 bits per heavy atom. The summed E-state index contributed by atoms with van der Waals surface area (Å²) in [6.45, 7) is 5.27. The van der Waals surface area contributed by atoms with Crippen molar-refractivity contribution in [2.24, 2.45) is 5.41 Å². The van der Waals surface area contributed by atoms with Gasteiger partial charge < -0.3 is 35.0 Å². The van der Waals surface area contributed by atoms with Gasteiger partial charge in [0.2, 0.25) is 11.8 Å². The molecule has 0 spiro atoms. The van der Waals surface area contributed by atoms with E-state index in [1.54, 1.807) is 31.4 Å². The SMILES string of the molecule is COc1ccc(C(=O)NC2CC2(CC(=O)N2CCC(N3Cc4ccccc4NC3=O)CC2)C(=O)N2CCC(N3CCCCC3)CC2)cc1. The van der Waals surface area contributed by atoms with Crippen LogP contribution < -0.4 is 15.4 Å². The summed E-state index contributed by atoms with van der Waals surface area (Å²) in [6, 6.07) is 14.8. The minimum Gasteiger partial charge on any atom is -0.497 e. The topological polar surface area (TPSA) is 115 Å². The lowest BCUT2D eigenvalue weighted by molar-refractivity contribution is -0.145. The molecule has 1 saturated carbocycles. The molecule has 5 aliphatic rings. The molecule has 4 aliphatic heterocycles. The van der Waals surface area contributed by atoms with Crippen LogP contribution in [0, 0.1) is 5.41 Å². The Balaban J connectivity index is 1.000. The van der Waals surface area contributed by atoms with E-state index in [9.17, 15) is 19.2 Å². The average molecular weight is 657 g/mol. The van der Waals surface area contributed by atoms with Crippen LogP contribution >= 0.6 is 0 Å². The molecule has 0 radical (unpaired) electrons. The number of piperidine rings is 3. The summed E-state index contributed by atoms with van der Waals surface area (Å²) >= 11 is 0. The highest BCUT2D eigenvalue weighted by Gasteiger charge is 2.63. The van der Waals surface area contributed by atoms with Crippen molar-refractivity contribution < 1.29 is 23.9 Å². The molecule has 0 bridgehead atoms. The second-order valence-electron chi connectivity index (χ2n) is 14.2. The number of fused-ring (bicyclic) bond motifs is 1. The summed E-state index contributed by atoms with van der Waals surface area (Å²) in [6.07, 6.45) is 7.58. The van der Waals surface area contributed by atoms with Crippen molar-refractivity contribution in [2.45, 2.75) is 82.5 Å². The number of para-hydroxylation sites is 1. The minimum atomic E-state index is -0.940. The molecule has 4 fully saturated rings. The summed E-state index contributed by atoms with van der Waals surface area (Å²) in [4.78, 5) is 62.7. The van der Waals surface area contributed by atoms with Crippen molar-refractivity contribution in [1.29, 1.82) is 0 Å². The Kier molecular flexibility index (Phi) is 9.31.